The highest BCUT2D eigenvalue weighted by atomic mass is 19.1. The number of unbranched alkanes of at least 4 members (excludes halogenated alkanes) is 2. The number of aliphatic hydroxyl groups excluding tert-OH is 1. The Bertz CT molecular complexity index is 438. The number of urea groups is 1. The number of nitrogens with zero attached hydrogens (tertiary/aromatic N) is 1. The van der Waals surface area contributed by atoms with E-state index in [1.54, 1.807) is 11.0 Å². The lowest BCUT2D eigenvalue weighted by Crippen LogP contribution is -2.38. The summed E-state index contributed by atoms with van der Waals surface area (Å²) in [6.07, 6.45) is 3.00. The van der Waals surface area contributed by atoms with Gasteiger partial charge in [0.25, 0.3) is 0 Å². The quantitative estimate of drug-likeness (QED) is 0.755. The summed E-state index contributed by atoms with van der Waals surface area (Å²) in [6, 6.07) is 3.98. The summed E-state index contributed by atoms with van der Waals surface area (Å²) in [5, 5.41) is 11.7. The van der Waals surface area contributed by atoms with Crippen LogP contribution in [0.4, 0.5) is 14.9 Å². The number of nitrogens with one attached hydrogen (secondary N) is 1. The summed E-state index contributed by atoms with van der Waals surface area (Å²) in [6.45, 7) is 4.69. The summed E-state index contributed by atoms with van der Waals surface area (Å²) in [4.78, 5) is 13.7. The molecule has 0 aliphatic rings. The Labute approximate surface area is 119 Å². The maximum absolute atomic E-state index is 13.2. The summed E-state index contributed by atoms with van der Waals surface area (Å²) in [7, 11) is 0. The van der Waals surface area contributed by atoms with E-state index in [4.69, 9.17) is 5.11 Å². The highest BCUT2D eigenvalue weighted by molar-refractivity contribution is 5.90. The molecule has 0 spiro atoms. The number of carbonyl (C=O) groups is 1. The van der Waals surface area contributed by atoms with Crippen LogP contribution in [0.15, 0.2) is 18.2 Å². The highest BCUT2D eigenvalue weighted by Gasteiger charge is 2.13. The molecule has 0 aliphatic heterocycles. The fraction of sp³-hybridized carbons (Fsp3) is 0.533. The molecule has 0 atom stereocenters. The van der Waals surface area contributed by atoms with Crippen molar-refractivity contribution in [1.29, 1.82) is 0 Å². The van der Waals surface area contributed by atoms with E-state index in [-0.39, 0.29) is 25.0 Å². The molecule has 0 saturated carbocycles. The number of aryl methyl sites for hydroxylation is 1. The van der Waals surface area contributed by atoms with Crippen LogP contribution in [0.3, 0.4) is 0 Å². The van der Waals surface area contributed by atoms with Crippen LogP contribution in [0.5, 0.6) is 0 Å². The number of amides is 2. The molecule has 4 nitrogen and oxygen atoms in total. The van der Waals surface area contributed by atoms with Gasteiger partial charge in [0.05, 0.1) is 6.61 Å². The third kappa shape index (κ3) is 5.17. The number of benzene rings is 1. The van der Waals surface area contributed by atoms with E-state index in [0.717, 1.165) is 24.8 Å². The molecule has 1 rings (SSSR count). The molecule has 1 aromatic rings. The Balaban J connectivity index is 2.67. The molecule has 5 heteroatoms. The third-order valence-electron chi connectivity index (χ3n) is 3.13. The maximum Gasteiger partial charge on any atom is 0.321 e. The number of carbonyl (C=O) groups excluding carboxylic acids is 1. The Morgan fingerprint density at radius 1 is 1.35 bits per heavy atom. The molecular weight excluding hydrogens is 259 g/mol. The zero-order valence-electron chi connectivity index (χ0n) is 12.2. The monoisotopic (exact) mass is 282 g/mol. The number of anilines is 1. The second-order valence-electron chi connectivity index (χ2n) is 4.81. The van der Waals surface area contributed by atoms with Crippen molar-refractivity contribution in [3.05, 3.63) is 29.6 Å². The molecule has 0 aromatic heterocycles. The Morgan fingerprint density at radius 2 is 2.10 bits per heavy atom. The van der Waals surface area contributed by atoms with E-state index in [0.29, 0.717) is 12.2 Å². The Kier molecular flexibility index (Phi) is 7.01. The van der Waals surface area contributed by atoms with Gasteiger partial charge in [-0.3, -0.25) is 0 Å². The predicted octanol–water partition coefficient (Wildman–Crippen LogP) is 3.15. The zero-order valence-corrected chi connectivity index (χ0v) is 12.2. The molecule has 0 saturated heterocycles. The molecule has 1 aromatic carbocycles. The summed E-state index contributed by atoms with van der Waals surface area (Å²) in [5.41, 5.74) is 1.27. The van der Waals surface area contributed by atoms with Gasteiger partial charge in [-0.15, -0.1) is 0 Å². The van der Waals surface area contributed by atoms with Crippen LogP contribution in [-0.4, -0.2) is 35.7 Å². The van der Waals surface area contributed by atoms with Gasteiger partial charge in [-0.25, -0.2) is 9.18 Å². The third-order valence-corrected chi connectivity index (χ3v) is 3.13. The summed E-state index contributed by atoms with van der Waals surface area (Å²) >= 11 is 0. The van der Waals surface area contributed by atoms with E-state index in [9.17, 15) is 9.18 Å². The minimum Gasteiger partial charge on any atom is -0.395 e. The summed E-state index contributed by atoms with van der Waals surface area (Å²) in [5.74, 6) is -0.384. The van der Waals surface area contributed by atoms with Gasteiger partial charge in [-0.2, -0.15) is 0 Å². The fourth-order valence-corrected chi connectivity index (χ4v) is 1.91. The molecule has 2 amide bonds. The van der Waals surface area contributed by atoms with Crippen LogP contribution in [0.25, 0.3) is 0 Å². The average molecular weight is 282 g/mol. The number of halogens is 1. The van der Waals surface area contributed by atoms with Gasteiger partial charge in [0.2, 0.25) is 0 Å². The minimum atomic E-state index is -0.384. The van der Waals surface area contributed by atoms with Gasteiger partial charge in [-0.1, -0.05) is 25.8 Å². The maximum atomic E-state index is 13.2. The molecule has 112 valence electrons. The molecule has 20 heavy (non-hydrogen) atoms. The fourth-order valence-electron chi connectivity index (χ4n) is 1.91. The van der Waals surface area contributed by atoms with Crippen molar-refractivity contribution in [2.45, 2.75) is 33.1 Å². The second-order valence-corrected chi connectivity index (χ2v) is 4.81. The van der Waals surface area contributed by atoms with Crippen LogP contribution in [0, 0.1) is 12.7 Å². The van der Waals surface area contributed by atoms with Crippen molar-refractivity contribution in [2.75, 3.05) is 25.0 Å². The first-order chi connectivity index (χ1) is 9.58. The highest BCUT2D eigenvalue weighted by Crippen LogP contribution is 2.16. The number of hydrogen-bond acceptors (Lipinski definition) is 2. The first-order valence-electron chi connectivity index (χ1n) is 7.01. The van der Waals surface area contributed by atoms with Crippen LogP contribution < -0.4 is 5.32 Å². The van der Waals surface area contributed by atoms with Gasteiger partial charge in [0.15, 0.2) is 0 Å². The molecule has 0 fully saturated rings. The Morgan fingerprint density at radius 3 is 2.75 bits per heavy atom. The SMILES string of the molecule is CCCCCN(CCO)C(=O)Nc1cc(F)ccc1C. The van der Waals surface area contributed by atoms with Crippen molar-refractivity contribution in [2.24, 2.45) is 0 Å². The molecule has 0 heterocycles. The summed E-state index contributed by atoms with van der Waals surface area (Å²) < 4.78 is 13.2. The standard InChI is InChI=1S/C15H23FN2O2/c1-3-4-5-8-18(9-10-19)15(20)17-14-11-13(16)7-6-12(14)2/h6-7,11,19H,3-5,8-10H2,1-2H3,(H,17,20). The van der Waals surface area contributed by atoms with Crippen molar-refractivity contribution >= 4 is 11.7 Å². The van der Waals surface area contributed by atoms with E-state index in [1.165, 1.54) is 12.1 Å². The molecular formula is C15H23FN2O2. The molecule has 0 unspecified atom stereocenters. The molecule has 2 N–H and O–H groups in total. The van der Waals surface area contributed by atoms with Crippen LogP contribution in [-0.2, 0) is 0 Å². The lowest BCUT2D eigenvalue weighted by atomic mass is 10.2. The van der Waals surface area contributed by atoms with Gasteiger partial charge in [0.1, 0.15) is 5.82 Å². The van der Waals surface area contributed by atoms with Gasteiger partial charge in [0, 0.05) is 18.8 Å². The van der Waals surface area contributed by atoms with Gasteiger partial charge >= 0.3 is 6.03 Å². The number of rotatable bonds is 7. The first-order valence-corrected chi connectivity index (χ1v) is 7.01. The van der Waals surface area contributed by atoms with Crippen LogP contribution in [0.1, 0.15) is 31.7 Å². The lowest BCUT2D eigenvalue weighted by molar-refractivity contribution is 0.187. The topological polar surface area (TPSA) is 52.6 Å². The normalized spacial score (nSPS) is 10.4. The number of aliphatic hydroxyl groups is 1. The predicted molar refractivity (Wildman–Crippen MR) is 78.3 cm³/mol. The smallest absolute Gasteiger partial charge is 0.321 e. The molecule has 0 aliphatic carbocycles. The molecule has 0 bridgehead atoms. The van der Waals surface area contributed by atoms with E-state index >= 15 is 0 Å². The zero-order chi connectivity index (χ0) is 15.0. The van der Waals surface area contributed by atoms with E-state index < -0.39 is 0 Å². The largest absolute Gasteiger partial charge is 0.395 e. The van der Waals surface area contributed by atoms with Crippen molar-refractivity contribution in [3.8, 4) is 0 Å². The van der Waals surface area contributed by atoms with E-state index in [2.05, 4.69) is 12.2 Å². The first kappa shape index (κ1) is 16.4. The van der Waals surface area contributed by atoms with Crippen molar-refractivity contribution in [1.82, 2.24) is 4.90 Å². The average Bonchev–Trinajstić information content (AvgIpc) is 2.42. The second kappa shape index (κ2) is 8.53. The van der Waals surface area contributed by atoms with Crippen LogP contribution >= 0.6 is 0 Å². The minimum absolute atomic E-state index is 0.0817. The van der Waals surface area contributed by atoms with Gasteiger partial charge < -0.3 is 15.3 Å². The van der Waals surface area contributed by atoms with Crippen molar-refractivity contribution < 1.29 is 14.3 Å². The Hall–Kier alpha value is -1.62. The molecule has 0 radical (unpaired) electrons. The van der Waals surface area contributed by atoms with Crippen molar-refractivity contribution in [3.63, 3.8) is 0 Å². The lowest BCUT2D eigenvalue weighted by Gasteiger charge is -2.22. The van der Waals surface area contributed by atoms with Gasteiger partial charge in [-0.05, 0) is 31.0 Å². The van der Waals surface area contributed by atoms with Crippen LogP contribution in [0.2, 0.25) is 0 Å². The van der Waals surface area contributed by atoms with E-state index in [1.807, 2.05) is 6.92 Å². The number of hydrogen-bond donors (Lipinski definition) is 2.